The van der Waals surface area contributed by atoms with Gasteiger partial charge in [0.1, 0.15) is 17.1 Å². The first-order valence-corrected chi connectivity index (χ1v) is 8.46. The van der Waals surface area contributed by atoms with Crippen molar-refractivity contribution in [2.24, 2.45) is 10.7 Å². The molecular weight excluding hydrogens is 389 g/mol. The van der Waals surface area contributed by atoms with Gasteiger partial charge in [0.15, 0.2) is 0 Å². The monoisotopic (exact) mass is 410 g/mol. The summed E-state index contributed by atoms with van der Waals surface area (Å²) in [4.78, 5) is 17.8. The maximum absolute atomic E-state index is 13.0. The van der Waals surface area contributed by atoms with Crippen LogP contribution < -0.4 is 11.5 Å². The SMILES string of the molecule is C[C@@]1(c2cccc(N)c2)CO[C@@](C)(C(F)(F)F)C(N)=N1.O=C(O)c1ccccn1. The van der Waals surface area contributed by atoms with Crippen LogP contribution in [0.3, 0.4) is 0 Å². The highest BCUT2D eigenvalue weighted by atomic mass is 19.4. The predicted molar refractivity (Wildman–Crippen MR) is 101 cm³/mol. The highest BCUT2D eigenvalue weighted by Gasteiger charge is 2.58. The number of anilines is 1. The first kappa shape index (κ1) is 22.2. The van der Waals surface area contributed by atoms with E-state index in [-0.39, 0.29) is 12.3 Å². The molecule has 0 aliphatic carbocycles. The average molecular weight is 410 g/mol. The van der Waals surface area contributed by atoms with Crippen LogP contribution >= 0.6 is 0 Å². The number of nitrogen functional groups attached to an aromatic ring is 1. The largest absolute Gasteiger partial charge is 0.477 e. The van der Waals surface area contributed by atoms with Crippen LogP contribution in [0.25, 0.3) is 0 Å². The second-order valence-corrected chi connectivity index (χ2v) is 6.74. The number of alkyl halides is 3. The van der Waals surface area contributed by atoms with Gasteiger partial charge in [-0.2, -0.15) is 13.2 Å². The number of benzene rings is 1. The Hall–Kier alpha value is -3.14. The fraction of sp³-hybridized carbons (Fsp3) is 0.316. The van der Waals surface area contributed by atoms with E-state index in [0.717, 1.165) is 6.92 Å². The molecule has 10 heteroatoms. The number of carboxylic acids is 1. The Kier molecular flexibility index (Phi) is 6.17. The van der Waals surface area contributed by atoms with Crippen LogP contribution in [-0.2, 0) is 10.3 Å². The lowest BCUT2D eigenvalue weighted by molar-refractivity contribution is -0.249. The van der Waals surface area contributed by atoms with E-state index < -0.39 is 29.1 Å². The number of pyridine rings is 1. The molecule has 2 atom stereocenters. The average Bonchev–Trinajstić information content (AvgIpc) is 2.65. The van der Waals surface area contributed by atoms with Crippen LogP contribution in [0.2, 0.25) is 0 Å². The van der Waals surface area contributed by atoms with Gasteiger partial charge in [0.05, 0.1) is 6.61 Å². The van der Waals surface area contributed by atoms with E-state index in [2.05, 4.69) is 9.98 Å². The standard InChI is InChI=1S/C13H16F3N3O.C6H5NO2/c1-11(8-4-3-5-9(17)6-8)7-20-12(2,10(18)19-11)13(14,15)16;8-6(9)5-3-1-2-4-7-5/h3-6H,7,17H2,1-2H3,(H2,18,19);1-4H,(H,8,9)/t11-,12+;/m0./s1. The van der Waals surface area contributed by atoms with Crippen LogP contribution in [0.5, 0.6) is 0 Å². The number of ether oxygens (including phenoxy) is 1. The molecule has 29 heavy (non-hydrogen) atoms. The van der Waals surface area contributed by atoms with Gasteiger partial charge in [-0.05, 0) is 43.7 Å². The molecule has 3 rings (SSSR count). The molecule has 2 heterocycles. The second kappa shape index (κ2) is 8.08. The van der Waals surface area contributed by atoms with E-state index in [1.807, 2.05) is 0 Å². The van der Waals surface area contributed by atoms with Gasteiger partial charge in [0.2, 0.25) is 5.60 Å². The van der Waals surface area contributed by atoms with E-state index in [4.69, 9.17) is 21.3 Å². The Balaban J connectivity index is 0.000000278. The zero-order valence-corrected chi connectivity index (χ0v) is 15.8. The molecule has 0 bridgehead atoms. The van der Waals surface area contributed by atoms with Gasteiger partial charge in [-0.15, -0.1) is 0 Å². The number of aromatic nitrogens is 1. The van der Waals surface area contributed by atoms with Crippen molar-refractivity contribution in [3.63, 3.8) is 0 Å². The molecule has 0 radical (unpaired) electrons. The van der Waals surface area contributed by atoms with Crippen molar-refractivity contribution >= 4 is 17.5 Å². The number of aliphatic imine (C=N–C) groups is 1. The molecule has 7 nitrogen and oxygen atoms in total. The van der Waals surface area contributed by atoms with E-state index in [0.29, 0.717) is 11.3 Å². The Bertz CT molecular complexity index is 905. The maximum atomic E-state index is 13.0. The van der Waals surface area contributed by atoms with Crippen molar-refractivity contribution in [1.29, 1.82) is 0 Å². The molecule has 156 valence electrons. The molecule has 0 saturated carbocycles. The number of hydrogen-bond donors (Lipinski definition) is 3. The molecule has 1 aromatic carbocycles. The normalized spacial score (nSPS) is 24.1. The summed E-state index contributed by atoms with van der Waals surface area (Å²) < 4.78 is 44.0. The molecule has 0 saturated heterocycles. The highest BCUT2D eigenvalue weighted by Crippen LogP contribution is 2.40. The molecular formula is C19H21F3N4O3. The lowest BCUT2D eigenvalue weighted by Crippen LogP contribution is -2.60. The minimum atomic E-state index is -4.61. The van der Waals surface area contributed by atoms with Crippen LogP contribution in [0.4, 0.5) is 18.9 Å². The summed E-state index contributed by atoms with van der Waals surface area (Å²) in [5.74, 6) is -1.57. The smallest absolute Gasteiger partial charge is 0.424 e. The molecule has 0 fully saturated rings. The third-order valence-electron chi connectivity index (χ3n) is 4.43. The molecule has 1 aliphatic rings. The van der Waals surface area contributed by atoms with Crippen molar-refractivity contribution in [3.8, 4) is 0 Å². The Labute approximate surface area is 165 Å². The third-order valence-corrected chi connectivity index (χ3v) is 4.43. The summed E-state index contributed by atoms with van der Waals surface area (Å²) >= 11 is 0. The van der Waals surface area contributed by atoms with Crippen molar-refractivity contribution < 1.29 is 27.8 Å². The maximum Gasteiger partial charge on any atom is 0.424 e. The minimum absolute atomic E-state index is 0.0810. The van der Waals surface area contributed by atoms with Gasteiger partial charge in [-0.25, -0.2) is 9.78 Å². The van der Waals surface area contributed by atoms with E-state index in [1.54, 1.807) is 43.3 Å². The van der Waals surface area contributed by atoms with Crippen LogP contribution in [0.1, 0.15) is 29.9 Å². The summed E-state index contributed by atoms with van der Waals surface area (Å²) in [6.07, 6.45) is -3.17. The van der Waals surface area contributed by atoms with Gasteiger partial charge in [0.25, 0.3) is 0 Å². The Morgan fingerprint density at radius 1 is 1.17 bits per heavy atom. The number of carbonyl (C=O) groups is 1. The van der Waals surface area contributed by atoms with Crippen LogP contribution in [0, 0.1) is 0 Å². The first-order valence-electron chi connectivity index (χ1n) is 8.46. The zero-order chi connectivity index (χ0) is 21.9. The number of carboxylic acid groups (broad SMARTS) is 1. The number of nitrogens with two attached hydrogens (primary N) is 2. The lowest BCUT2D eigenvalue weighted by atomic mass is 9.90. The molecule has 0 spiro atoms. The van der Waals surface area contributed by atoms with Crippen molar-refractivity contribution in [2.75, 3.05) is 12.3 Å². The molecule has 1 aliphatic heterocycles. The van der Waals surface area contributed by atoms with E-state index >= 15 is 0 Å². The summed E-state index contributed by atoms with van der Waals surface area (Å²) in [5, 5.41) is 8.32. The summed E-state index contributed by atoms with van der Waals surface area (Å²) in [6, 6.07) is 11.5. The Morgan fingerprint density at radius 2 is 1.86 bits per heavy atom. The number of rotatable bonds is 2. The lowest BCUT2D eigenvalue weighted by Gasteiger charge is -2.40. The van der Waals surface area contributed by atoms with Crippen molar-refractivity contribution in [1.82, 2.24) is 4.98 Å². The Morgan fingerprint density at radius 3 is 2.31 bits per heavy atom. The summed E-state index contributed by atoms with van der Waals surface area (Å²) in [5.41, 5.74) is 8.91. The van der Waals surface area contributed by atoms with Gasteiger partial charge in [-0.1, -0.05) is 18.2 Å². The van der Waals surface area contributed by atoms with Crippen molar-refractivity contribution in [2.45, 2.75) is 31.2 Å². The zero-order valence-electron chi connectivity index (χ0n) is 15.8. The highest BCUT2D eigenvalue weighted by molar-refractivity contribution is 5.90. The third kappa shape index (κ3) is 4.83. The topological polar surface area (TPSA) is 124 Å². The number of hydrogen-bond acceptors (Lipinski definition) is 6. The minimum Gasteiger partial charge on any atom is -0.477 e. The molecule has 1 aromatic heterocycles. The van der Waals surface area contributed by atoms with Gasteiger partial charge >= 0.3 is 12.1 Å². The van der Waals surface area contributed by atoms with E-state index in [1.165, 1.54) is 12.3 Å². The number of nitrogens with zero attached hydrogens (tertiary/aromatic N) is 2. The van der Waals surface area contributed by atoms with E-state index in [9.17, 15) is 18.0 Å². The quantitative estimate of drug-likeness (QED) is 0.654. The fourth-order valence-corrected chi connectivity index (χ4v) is 2.50. The number of halogens is 3. The molecule has 2 aromatic rings. The van der Waals surface area contributed by atoms with Gasteiger partial charge in [-0.3, -0.25) is 4.99 Å². The number of amidine groups is 1. The fourth-order valence-electron chi connectivity index (χ4n) is 2.50. The summed E-state index contributed by atoms with van der Waals surface area (Å²) in [6.45, 7) is 2.31. The second-order valence-electron chi connectivity index (χ2n) is 6.74. The molecule has 5 N–H and O–H groups in total. The predicted octanol–water partition coefficient (Wildman–Crippen LogP) is 2.97. The van der Waals surface area contributed by atoms with Crippen LogP contribution in [0.15, 0.2) is 53.7 Å². The summed E-state index contributed by atoms with van der Waals surface area (Å²) in [7, 11) is 0. The van der Waals surface area contributed by atoms with Gasteiger partial charge in [0, 0.05) is 11.9 Å². The molecule has 0 amide bonds. The van der Waals surface area contributed by atoms with Crippen LogP contribution in [-0.4, -0.2) is 40.3 Å². The molecule has 0 unspecified atom stereocenters. The number of aromatic carboxylic acids is 1. The van der Waals surface area contributed by atoms with Gasteiger partial charge < -0.3 is 21.3 Å². The van der Waals surface area contributed by atoms with Crippen molar-refractivity contribution in [3.05, 3.63) is 59.9 Å². The first-order chi connectivity index (χ1) is 13.4.